The lowest BCUT2D eigenvalue weighted by Gasteiger charge is -2.42. The second kappa shape index (κ2) is 25.7. The Hall–Kier alpha value is -4.26. The number of aliphatic hydroxyl groups excluding tert-OH is 1. The van der Waals surface area contributed by atoms with Crippen LogP contribution in [0.3, 0.4) is 0 Å². The van der Waals surface area contributed by atoms with Crippen LogP contribution in [-0.2, 0) is 47.7 Å². The van der Waals surface area contributed by atoms with E-state index in [1.165, 1.54) is 12.0 Å². The van der Waals surface area contributed by atoms with Crippen LogP contribution in [0.4, 0.5) is 0 Å². The van der Waals surface area contributed by atoms with Crippen molar-refractivity contribution in [3.8, 4) is 0 Å². The number of piperidine rings is 1. The molecule has 0 radical (unpaired) electrons. The fourth-order valence-corrected chi connectivity index (χ4v) is 10.7. The summed E-state index contributed by atoms with van der Waals surface area (Å²) in [6.45, 7) is 12.8. The molecule has 4 unspecified atom stereocenters. The highest BCUT2D eigenvalue weighted by Gasteiger charge is 2.53. The van der Waals surface area contributed by atoms with Gasteiger partial charge in [0.05, 0.1) is 24.4 Å². The van der Waals surface area contributed by atoms with Crippen molar-refractivity contribution in [1.29, 1.82) is 0 Å². The number of cyclic esters (lactones) is 1. The number of amides is 1. The fourth-order valence-electron chi connectivity index (χ4n) is 10.7. The first-order valence-corrected chi connectivity index (χ1v) is 25.0. The van der Waals surface area contributed by atoms with Crippen LogP contribution in [0.2, 0.25) is 0 Å². The van der Waals surface area contributed by atoms with Crippen molar-refractivity contribution in [2.24, 2.45) is 35.5 Å². The predicted octanol–water partition coefficient (Wildman–Crippen LogP) is 6.05. The number of ether oxygens (including phenoxy) is 5. The molecule has 2 bridgehead atoms. The number of carbonyl (C=O) groups excluding carboxylic acids is 5. The highest BCUT2D eigenvalue weighted by molar-refractivity contribution is 6.39. The molecule has 69 heavy (non-hydrogen) atoms. The zero-order valence-electron chi connectivity index (χ0n) is 42.5. The molecule has 5 rings (SSSR count). The number of hydrogen-bond donors (Lipinski definition) is 2. The molecular weight excluding hydrogens is 887 g/mol. The summed E-state index contributed by atoms with van der Waals surface area (Å²) >= 11 is 0. The number of aliphatic hydroxyl groups is 2. The number of nitrogens with zero attached hydrogens (tertiary/aromatic N) is 5. The molecule has 2 saturated heterocycles. The van der Waals surface area contributed by atoms with Crippen molar-refractivity contribution >= 4 is 29.2 Å². The summed E-state index contributed by atoms with van der Waals surface area (Å²) in [5.41, 5.74) is 1.27. The number of hydrogen-bond acceptors (Lipinski definition) is 15. The van der Waals surface area contributed by atoms with E-state index in [1.807, 2.05) is 58.1 Å². The lowest BCUT2D eigenvalue weighted by Crippen LogP contribution is -2.61. The van der Waals surface area contributed by atoms with E-state index >= 15 is 0 Å². The van der Waals surface area contributed by atoms with Crippen molar-refractivity contribution in [3.05, 3.63) is 53.9 Å². The summed E-state index contributed by atoms with van der Waals surface area (Å²) in [5.74, 6) is -7.92. The minimum Gasteiger partial charge on any atom is -0.460 e. The number of fused-ring (bicyclic) bond motifs is 3. The quantitative estimate of drug-likeness (QED) is 0.181. The van der Waals surface area contributed by atoms with Gasteiger partial charge in [0.25, 0.3) is 11.7 Å². The molecule has 17 nitrogen and oxygen atoms in total. The van der Waals surface area contributed by atoms with Gasteiger partial charge >= 0.3 is 5.97 Å². The molecule has 1 aliphatic carbocycles. The zero-order chi connectivity index (χ0) is 50.6. The number of aromatic nitrogens is 4. The molecule has 4 aliphatic rings. The number of rotatable bonds is 7. The van der Waals surface area contributed by atoms with E-state index < -0.39 is 77.8 Å². The predicted molar refractivity (Wildman–Crippen MR) is 256 cm³/mol. The number of allylic oxidation sites excluding steroid dienone is 6. The monoisotopic (exact) mass is 966 g/mol. The summed E-state index contributed by atoms with van der Waals surface area (Å²) < 4.78 is 31.6. The fraction of sp³-hybridized carbons (Fsp3) is 0.731. The Morgan fingerprint density at radius 2 is 1.64 bits per heavy atom. The van der Waals surface area contributed by atoms with Crippen LogP contribution in [-0.4, -0.2) is 141 Å². The van der Waals surface area contributed by atoms with E-state index in [1.54, 1.807) is 52.1 Å². The standard InChI is InChI=1S/C52H79N5O12/c1-31-16-12-11-13-17-32(2)43(65-8)28-39-21-19-37(7)52(64,69-39)49(61)50(62)56-23-15-14-18-41(56)51(63)68-44(34(4)26-38-20-22-40(45(27-38)66-9)57-30-53-54-55-57)29-42(58)33(3)25-36(6)47(60)48(67-10)46(59)35(5)24-31/h11-13,16-17,25,30-31,33-35,37-41,43-45,47-48,60,64H,14-15,18-24,26-29H2,1-10H3/b13-11+,16-12+,32-17+,36-25+/t31-,33-,34-,35?,37-,38+,39?,40?,41+,43+,44+,45-,47-,48?,52-/m1/s1. The maximum atomic E-state index is 14.5. The van der Waals surface area contributed by atoms with E-state index in [4.69, 9.17) is 23.7 Å². The Morgan fingerprint density at radius 3 is 2.32 bits per heavy atom. The van der Waals surface area contributed by atoms with Gasteiger partial charge in [-0.2, -0.15) is 0 Å². The summed E-state index contributed by atoms with van der Waals surface area (Å²) in [4.78, 5) is 72.3. The average molecular weight is 966 g/mol. The van der Waals surface area contributed by atoms with Crippen LogP contribution in [0.1, 0.15) is 132 Å². The van der Waals surface area contributed by atoms with Crippen LogP contribution >= 0.6 is 0 Å². The van der Waals surface area contributed by atoms with Crippen LogP contribution in [0.15, 0.2) is 53.9 Å². The number of tetrazole rings is 1. The van der Waals surface area contributed by atoms with Gasteiger partial charge in [-0.05, 0) is 117 Å². The second-order valence-electron chi connectivity index (χ2n) is 20.4. The summed E-state index contributed by atoms with van der Waals surface area (Å²) in [7, 11) is 4.62. The van der Waals surface area contributed by atoms with Gasteiger partial charge in [-0.1, -0.05) is 71.1 Å². The maximum Gasteiger partial charge on any atom is 0.329 e. The smallest absolute Gasteiger partial charge is 0.329 e. The van der Waals surface area contributed by atoms with Crippen molar-refractivity contribution in [1.82, 2.24) is 25.1 Å². The first kappa shape index (κ1) is 55.7. The molecule has 4 heterocycles. The van der Waals surface area contributed by atoms with Crippen LogP contribution in [0, 0.1) is 35.5 Å². The number of methoxy groups -OCH3 is 3. The molecule has 15 atom stereocenters. The van der Waals surface area contributed by atoms with E-state index in [0.717, 1.165) is 18.4 Å². The Kier molecular flexibility index (Phi) is 20.8. The first-order valence-electron chi connectivity index (χ1n) is 25.0. The molecule has 2 N–H and O–H groups in total. The van der Waals surface area contributed by atoms with E-state index in [-0.39, 0.29) is 60.9 Å². The van der Waals surface area contributed by atoms with Gasteiger partial charge < -0.3 is 38.8 Å². The Balaban J connectivity index is 1.46. The van der Waals surface area contributed by atoms with E-state index in [9.17, 15) is 34.2 Å². The summed E-state index contributed by atoms with van der Waals surface area (Å²) in [6.07, 6.45) is 13.9. The van der Waals surface area contributed by atoms with Gasteiger partial charge in [0.1, 0.15) is 36.5 Å². The second-order valence-corrected chi connectivity index (χ2v) is 20.4. The Bertz CT molecular complexity index is 2020. The topological polar surface area (TPSA) is 219 Å². The summed E-state index contributed by atoms with van der Waals surface area (Å²) in [5, 5.41) is 35.2. The van der Waals surface area contributed by atoms with Crippen molar-refractivity contribution in [3.63, 3.8) is 0 Å². The van der Waals surface area contributed by atoms with Gasteiger partial charge in [-0.25, -0.2) is 9.48 Å². The Morgan fingerprint density at radius 1 is 0.884 bits per heavy atom. The van der Waals surface area contributed by atoms with Crippen LogP contribution in [0.25, 0.3) is 0 Å². The number of esters is 1. The van der Waals surface area contributed by atoms with Crippen molar-refractivity contribution < 1.29 is 57.9 Å². The third-order valence-electron chi connectivity index (χ3n) is 15.2. The molecule has 17 heteroatoms. The van der Waals surface area contributed by atoms with Crippen LogP contribution in [0.5, 0.6) is 0 Å². The highest BCUT2D eigenvalue weighted by Crippen LogP contribution is 2.39. The highest BCUT2D eigenvalue weighted by atomic mass is 16.6. The van der Waals surface area contributed by atoms with E-state index in [2.05, 4.69) is 15.5 Å². The van der Waals surface area contributed by atoms with Crippen molar-refractivity contribution in [2.45, 2.75) is 180 Å². The largest absolute Gasteiger partial charge is 0.460 e. The molecule has 0 aromatic carbocycles. The number of ketones is 3. The van der Waals surface area contributed by atoms with Gasteiger partial charge in [0.15, 0.2) is 5.78 Å². The molecule has 0 spiro atoms. The summed E-state index contributed by atoms with van der Waals surface area (Å²) in [6, 6.07) is -1.19. The molecule has 1 amide bonds. The lowest BCUT2D eigenvalue weighted by molar-refractivity contribution is -0.265. The number of Topliss-reactive ketones (excluding diaryl/α,β-unsaturated/α-hetero) is 3. The molecule has 1 aromatic rings. The minimum atomic E-state index is -2.43. The number of carbonyl (C=O) groups is 5. The van der Waals surface area contributed by atoms with Gasteiger partial charge in [0, 0.05) is 58.5 Å². The maximum absolute atomic E-state index is 14.5. The van der Waals surface area contributed by atoms with Gasteiger partial charge in [-0.3, -0.25) is 19.2 Å². The SMILES string of the molecule is COC1C(=O)C(C)C[C@H](C)/C=C/C=C/C=C(\C)[C@@H](OC)CC2CC[C@@H](C)[C@@](O)(O2)C(=O)C(=O)N2CCCC[C@H]2C(=O)O[C@H]([C@H](C)C[C@@H]2CCC(n3cnnn3)[C@H](OC)C2)CC(=O)[C@H](C)/C=C(\C)[C@H]1O. The third-order valence-corrected chi connectivity index (χ3v) is 15.2. The molecule has 1 aromatic heterocycles. The van der Waals surface area contributed by atoms with E-state index in [0.29, 0.717) is 56.9 Å². The average Bonchev–Trinajstić information content (AvgIpc) is 3.88. The minimum absolute atomic E-state index is 0.0170. The molecule has 384 valence electrons. The molecular formula is C52H79N5O12. The van der Waals surface area contributed by atoms with Gasteiger partial charge in [-0.15, -0.1) is 5.10 Å². The lowest BCUT2D eigenvalue weighted by atomic mass is 9.77. The third kappa shape index (κ3) is 14.2. The molecule has 3 fully saturated rings. The molecule has 1 saturated carbocycles. The van der Waals surface area contributed by atoms with Gasteiger partial charge in [0.2, 0.25) is 5.79 Å². The molecule has 3 aliphatic heterocycles. The van der Waals surface area contributed by atoms with Crippen LogP contribution < -0.4 is 0 Å². The Labute approximate surface area is 408 Å². The first-order chi connectivity index (χ1) is 32.8. The normalized spacial score (nSPS) is 38.8. The zero-order valence-corrected chi connectivity index (χ0v) is 42.5. The van der Waals surface area contributed by atoms with Crippen molar-refractivity contribution in [2.75, 3.05) is 27.9 Å².